The molecule has 0 aliphatic heterocycles. The van der Waals surface area contributed by atoms with Gasteiger partial charge in [-0.1, -0.05) is 11.6 Å². The van der Waals surface area contributed by atoms with Crippen molar-refractivity contribution < 1.29 is 4.39 Å². The highest BCUT2D eigenvalue weighted by Crippen LogP contribution is 2.28. The second-order valence-corrected chi connectivity index (χ2v) is 4.23. The number of benzene rings is 2. The third-order valence-corrected chi connectivity index (χ3v) is 2.76. The summed E-state index contributed by atoms with van der Waals surface area (Å²) in [6, 6.07) is 9.77. The summed E-state index contributed by atoms with van der Waals surface area (Å²) in [4.78, 5) is 0. The minimum absolute atomic E-state index is 0.253. The Morgan fingerprint density at radius 1 is 1.12 bits per heavy atom. The van der Waals surface area contributed by atoms with Crippen molar-refractivity contribution in [2.24, 2.45) is 0 Å². The summed E-state index contributed by atoms with van der Waals surface area (Å²) in [5.41, 5.74) is 8.60. The van der Waals surface area contributed by atoms with Crippen molar-refractivity contribution in [1.29, 1.82) is 0 Å². The van der Waals surface area contributed by atoms with Gasteiger partial charge in [0.2, 0.25) is 0 Å². The maximum absolute atomic E-state index is 12.9. The minimum atomic E-state index is -0.253. The number of nitrogen functional groups attached to an aromatic ring is 1. The smallest absolute Gasteiger partial charge is 0.123 e. The molecular formula is C13H12ClFN2. The quantitative estimate of drug-likeness (QED) is 0.787. The predicted octanol–water partition coefficient (Wildman–Crippen LogP) is 4.11. The van der Waals surface area contributed by atoms with E-state index in [-0.39, 0.29) is 5.82 Å². The molecular weight excluding hydrogens is 239 g/mol. The molecule has 0 fully saturated rings. The van der Waals surface area contributed by atoms with Gasteiger partial charge in [0.25, 0.3) is 0 Å². The number of hydrogen-bond donors (Lipinski definition) is 2. The number of rotatable bonds is 2. The van der Waals surface area contributed by atoms with Crippen LogP contribution in [0.1, 0.15) is 5.56 Å². The fourth-order valence-electron chi connectivity index (χ4n) is 1.55. The van der Waals surface area contributed by atoms with E-state index in [1.54, 1.807) is 24.3 Å². The number of halogens is 2. The third kappa shape index (κ3) is 2.68. The summed E-state index contributed by atoms with van der Waals surface area (Å²) in [5, 5.41) is 3.68. The average molecular weight is 251 g/mol. The Kier molecular flexibility index (Phi) is 3.20. The molecule has 0 spiro atoms. The second-order valence-electron chi connectivity index (χ2n) is 3.82. The first-order valence-electron chi connectivity index (χ1n) is 5.14. The first-order valence-corrected chi connectivity index (χ1v) is 5.52. The zero-order valence-electron chi connectivity index (χ0n) is 9.30. The van der Waals surface area contributed by atoms with Crippen molar-refractivity contribution >= 4 is 28.7 Å². The van der Waals surface area contributed by atoms with E-state index in [4.69, 9.17) is 17.3 Å². The van der Waals surface area contributed by atoms with E-state index in [1.165, 1.54) is 12.1 Å². The van der Waals surface area contributed by atoms with Gasteiger partial charge >= 0.3 is 0 Å². The van der Waals surface area contributed by atoms with Crippen LogP contribution >= 0.6 is 11.6 Å². The molecule has 0 aliphatic carbocycles. The van der Waals surface area contributed by atoms with Crippen LogP contribution in [-0.4, -0.2) is 0 Å². The highest BCUT2D eigenvalue weighted by Gasteiger charge is 2.04. The highest BCUT2D eigenvalue weighted by molar-refractivity contribution is 6.33. The average Bonchev–Trinajstić information content (AvgIpc) is 2.25. The van der Waals surface area contributed by atoms with Crippen LogP contribution in [0.3, 0.4) is 0 Å². The van der Waals surface area contributed by atoms with Gasteiger partial charge in [-0.3, -0.25) is 0 Å². The van der Waals surface area contributed by atoms with Gasteiger partial charge in [-0.15, -0.1) is 0 Å². The Morgan fingerprint density at radius 2 is 1.82 bits per heavy atom. The van der Waals surface area contributed by atoms with Gasteiger partial charge in [-0.2, -0.15) is 0 Å². The van der Waals surface area contributed by atoms with E-state index >= 15 is 0 Å². The molecule has 0 saturated heterocycles. The lowest BCUT2D eigenvalue weighted by Gasteiger charge is -2.11. The first kappa shape index (κ1) is 11.7. The fourth-order valence-corrected chi connectivity index (χ4v) is 1.78. The van der Waals surface area contributed by atoms with E-state index in [1.807, 2.05) is 6.92 Å². The third-order valence-electron chi connectivity index (χ3n) is 2.45. The van der Waals surface area contributed by atoms with Crippen molar-refractivity contribution in [3.05, 3.63) is 52.8 Å². The molecule has 0 atom stereocenters. The summed E-state index contributed by atoms with van der Waals surface area (Å²) in [5.74, 6) is -0.253. The minimum Gasteiger partial charge on any atom is -0.399 e. The Labute approximate surface area is 104 Å². The largest absolute Gasteiger partial charge is 0.399 e. The number of nitrogens with two attached hydrogens (primary N) is 1. The predicted molar refractivity (Wildman–Crippen MR) is 70.3 cm³/mol. The topological polar surface area (TPSA) is 38.0 Å². The van der Waals surface area contributed by atoms with Crippen LogP contribution in [-0.2, 0) is 0 Å². The SMILES string of the molecule is Cc1cc(F)ccc1Nc1ccc(N)cc1Cl. The molecule has 0 amide bonds. The molecule has 4 heteroatoms. The Balaban J connectivity index is 2.31. The normalized spacial score (nSPS) is 10.3. The number of nitrogens with one attached hydrogen (secondary N) is 1. The number of aryl methyl sites for hydroxylation is 1. The lowest BCUT2D eigenvalue weighted by Crippen LogP contribution is -1.95. The molecule has 2 rings (SSSR count). The summed E-state index contributed by atoms with van der Waals surface area (Å²) in [7, 11) is 0. The zero-order chi connectivity index (χ0) is 12.4. The molecule has 0 bridgehead atoms. The molecule has 88 valence electrons. The van der Waals surface area contributed by atoms with Gasteiger partial charge in [-0.05, 0) is 48.9 Å². The van der Waals surface area contributed by atoms with Gasteiger partial charge in [0, 0.05) is 11.4 Å². The molecule has 0 saturated carbocycles. The number of hydrogen-bond acceptors (Lipinski definition) is 2. The molecule has 2 aromatic carbocycles. The van der Waals surface area contributed by atoms with E-state index in [0.717, 1.165) is 16.9 Å². The second kappa shape index (κ2) is 4.63. The van der Waals surface area contributed by atoms with Crippen LogP contribution in [0.4, 0.5) is 21.5 Å². The summed E-state index contributed by atoms with van der Waals surface area (Å²) in [6.07, 6.45) is 0. The van der Waals surface area contributed by atoms with Crippen molar-refractivity contribution in [2.45, 2.75) is 6.92 Å². The van der Waals surface area contributed by atoms with Crippen molar-refractivity contribution in [1.82, 2.24) is 0 Å². The highest BCUT2D eigenvalue weighted by atomic mass is 35.5. The molecule has 0 aromatic heterocycles. The van der Waals surface area contributed by atoms with E-state index in [9.17, 15) is 4.39 Å². The molecule has 0 unspecified atom stereocenters. The van der Waals surface area contributed by atoms with Crippen LogP contribution in [0.5, 0.6) is 0 Å². The lowest BCUT2D eigenvalue weighted by molar-refractivity contribution is 0.627. The van der Waals surface area contributed by atoms with Gasteiger partial charge in [-0.25, -0.2) is 4.39 Å². The monoisotopic (exact) mass is 250 g/mol. The van der Waals surface area contributed by atoms with Gasteiger partial charge in [0.05, 0.1) is 10.7 Å². The molecule has 0 heterocycles. The van der Waals surface area contributed by atoms with E-state index in [0.29, 0.717) is 10.7 Å². The van der Waals surface area contributed by atoms with Gasteiger partial charge < -0.3 is 11.1 Å². The molecule has 17 heavy (non-hydrogen) atoms. The van der Waals surface area contributed by atoms with E-state index < -0.39 is 0 Å². The maximum atomic E-state index is 12.9. The van der Waals surface area contributed by atoms with E-state index in [2.05, 4.69) is 5.32 Å². The standard InChI is InChI=1S/C13H12ClFN2/c1-8-6-9(15)2-4-12(8)17-13-5-3-10(16)7-11(13)14/h2-7,17H,16H2,1H3. The van der Waals surface area contributed by atoms with Crippen LogP contribution in [0, 0.1) is 12.7 Å². The maximum Gasteiger partial charge on any atom is 0.123 e. The molecule has 2 aromatic rings. The zero-order valence-corrected chi connectivity index (χ0v) is 10.1. The summed E-state index contributed by atoms with van der Waals surface area (Å²) in [6.45, 7) is 1.83. The molecule has 3 N–H and O–H groups in total. The first-order chi connectivity index (χ1) is 8.06. The molecule has 0 radical (unpaired) electrons. The Hall–Kier alpha value is -1.74. The van der Waals surface area contributed by atoms with Crippen LogP contribution in [0.2, 0.25) is 5.02 Å². The molecule has 2 nitrogen and oxygen atoms in total. The Bertz CT molecular complexity index is 506. The van der Waals surface area contributed by atoms with Crippen LogP contribution in [0.25, 0.3) is 0 Å². The van der Waals surface area contributed by atoms with Crippen molar-refractivity contribution in [3.8, 4) is 0 Å². The van der Waals surface area contributed by atoms with Crippen LogP contribution < -0.4 is 11.1 Å². The van der Waals surface area contributed by atoms with Crippen LogP contribution in [0.15, 0.2) is 36.4 Å². The molecule has 0 aliphatic rings. The summed E-state index contributed by atoms with van der Waals surface area (Å²) < 4.78 is 12.9. The van der Waals surface area contributed by atoms with Gasteiger partial charge in [0.1, 0.15) is 5.82 Å². The van der Waals surface area contributed by atoms with Crippen molar-refractivity contribution in [3.63, 3.8) is 0 Å². The number of anilines is 3. The Morgan fingerprint density at radius 3 is 2.47 bits per heavy atom. The lowest BCUT2D eigenvalue weighted by atomic mass is 10.2. The van der Waals surface area contributed by atoms with Crippen molar-refractivity contribution in [2.75, 3.05) is 11.1 Å². The summed E-state index contributed by atoms with van der Waals surface area (Å²) >= 11 is 6.05. The fraction of sp³-hybridized carbons (Fsp3) is 0.0769. The van der Waals surface area contributed by atoms with Gasteiger partial charge in [0.15, 0.2) is 0 Å².